The van der Waals surface area contributed by atoms with Crippen LogP contribution in [-0.2, 0) is 0 Å². The van der Waals surface area contributed by atoms with Crippen LogP contribution in [0, 0.1) is 6.92 Å². The summed E-state index contributed by atoms with van der Waals surface area (Å²) in [5, 5.41) is 4.86. The highest BCUT2D eigenvalue weighted by Gasteiger charge is 2.03. The molecule has 0 heterocycles. The van der Waals surface area contributed by atoms with Crippen molar-refractivity contribution in [3.63, 3.8) is 0 Å². The molecule has 0 saturated heterocycles. The predicted molar refractivity (Wildman–Crippen MR) is 73.7 cm³/mol. The molecule has 0 aliphatic heterocycles. The number of rotatable bonds is 1. The molecule has 0 aromatic heterocycles. The molecule has 2 rings (SSSR count). The summed E-state index contributed by atoms with van der Waals surface area (Å²) in [6, 6.07) is 8.46. The average molecular weight is 208 g/mol. The van der Waals surface area contributed by atoms with Crippen LogP contribution in [0.15, 0.2) is 30.8 Å². The number of hydrogen-bond acceptors (Lipinski definition) is 0. The van der Waals surface area contributed by atoms with Gasteiger partial charge in [0, 0.05) is 0 Å². The lowest BCUT2D eigenvalue weighted by molar-refractivity contribution is 1.48. The molecule has 0 amide bonds. The van der Waals surface area contributed by atoms with Crippen molar-refractivity contribution in [2.24, 2.45) is 0 Å². The molecule has 0 N–H and O–H groups in total. The second-order valence-electron chi connectivity index (χ2n) is 4.03. The summed E-state index contributed by atoms with van der Waals surface area (Å²) < 4.78 is 0. The number of hydrogen-bond donors (Lipinski definition) is 0. The first kappa shape index (κ1) is 10.7. The fraction of sp³-hybridized carbons (Fsp3) is 0.125. The van der Waals surface area contributed by atoms with Crippen LogP contribution in [0.25, 0.3) is 29.5 Å². The maximum atomic E-state index is 4.11. The van der Waals surface area contributed by atoms with Gasteiger partial charge in [-0.2, -0.15) is 0 Å². The minimum Gasteiger partial charge on any atom is -0.0984 e. The molecule has 0 nitrogen and oxygen atoms in total. The molecular weight excluding hydrogens is 192 g/mol. The van der Waals surface area contributed by atoms with Gasteiger partial charge in [-0.05, 0) is 46.2 Å². The summed E-state index contributed by atoms with van der Waals surface area (Å²) >= 11 is 0. The molecular formula is C16H16. The fourth-order valence-corrected chi connectivity index (χ4v) is 2.21. The van der Waals surface area contributed by atoms with Gasteiger partial charge in [-0.3, -0.25) is 0 Å². The Hall–Kier alpha value is -1.82. The molecule has 0 aliphatic carbocycles. The highest BCUT2D eigenvalue weighted by Crippen LogP contribution is 2.16. The first-order valence-electron chi connectivity index (χ1n) is 5.49. The summed E-state index contributed by atoms with van der Waals surface area (Å²) in [7, 11) is 0. The van der Waals surface area contributed by atoms with E-state index in [0.29, 0.717) is 0 Å². The van der Waals surface area contributed by atoms with E-state index in [1.165, 1.54) is 21.6 Å². The Morgan fingerprint density at radius 2 is 1.81 bits per heavy atom. The van der Waals surface area contributed by atoms with Crippen LogP contribution in [0.1, 0.15) is 18.1 Å². The molecule has 2 aromatic rings. The summed E-state index contributed by atoms with van der Waals surface area (Å²) in [5.74, 6) is 0. The summed E-state index contributed by atoms with van der Waals surface area (Å²) in [6.45, 7) is 12.2. The molecule has 0 atom stereocenters. The van der Waals surface area contributed by atoms with Gasteiger partial charge in [0.15, 0.2) is 0 Å². The summed E-state index contributed by atoms with van der Waals surface area (Å²) in [4.78, 5) is 0. The zero-order valence-electron chi connectivity index (χ0n) is 9.88. The largest absolute Gasteiger partial charge is 0.0984 e. The number of aryl methyl sites for hydroxylation is 1. The Labute approximate surface area is 96.2 Å². The van der Waals surface area contributed by atoms with Crippen LogP contribution < -0.4 is 10.4 Å². The second kappa shape index (κ2) is 3.97. The molecule has 0 radical (unpaired) electrons. The maximum Gasteiger partial charge on any atom is -0.00364 e. The molecule has 0 heteroatoms. The molecule has 2 aromatic carbocycles. The summed E-state index contributed by atoms with van der Waals surface area (Å²) in [5.41, 5.74) is 2.45. The molecule has 0 saturated carbocycles. The van der Waals surface area contributed by atoms with E-state index in [4.69, 9.17) is 0 Å². The highest BCUT2D eigenvalue weighted by molar-refractivity contribution is 5.93. The minimum absolute atomic E-state index is 1.07. The molecule has 0 bridgehead atoms. The van der Waals surface area contributed by atoms with Gasteiger partial charge in [0.1, 0.15) is 0 Å². The van der Waals surface area contributed by atoms with Crippen molar-refractivity contribution in [3.8, 4) is 0 Å². The van der Waals surface area contributed by atoms with Crippen molar-refractivity contribution in [3.05, 3.63) is 52.4 Å². The monoisotopic (exact) mass is 208 g/mol. The third kappa shape index (κ3) is 1.47. The van der Waals surface area contributed by atoms with Gasteiger partial charge >= 0.3 is 0 Å². The second-order valence-corrected chi connectivity index (χ2v) is 4.03. The predicted octanol–water partition coefficient (Wildman–Crippen LogP) is 3.00. The van der Waals surface area contributed by atoms with E-state index >= 15 is 0 Å². The Balaban J connectivity index is 3.20. The Kier molecular flexibility index (Phi) is 2.66. The van der Waals surface area contributed by atoms with Crippen LogP contribution in [0.3, 0.4) is 0 Å². The van der Waals surface area contributed by atoms with Crippen molar-refractivity contribution in [1.29, 1.82) is 0 Å². The van der Waals surface area contributed by atoms with E-state index < -0.39 is 0 Å². The van der Waals surface area contributed by atoms with Crippen molar-refractivity contribution in [2.45, 2.75) is 13.8 Å². The van der Waals surface area contributed by atoms with Crippen LogP contribution in [-0.4, -0.2) is 0 Å². The van der Waals surface area contributed by atoms with Gasteiger partial charge in [0.05, 0.1) is 0 Å². The van der Waals surface area contributed by atoms with Crippen LogP contribution >= 0.6 is 0 Å². The van der Waals surface area contributed by atoms with Gasteiger partial charge in [-0.15, -0.1) is 0 Å². The van der Waals surface area contributed by atoms with E-state index in [9.17, 15) is 0 Å². The van der Waals surface area contributed by atoms with Crippen LogP contribution in [0.4, 0.5) is 0 Å². The lowest BCUT2D eigenvalue weighted by atomic mass is 9.97. The zero-order valence-corrected chi connectivity index (χ0v) is 9.88. The third-order valence-electron chi connectivity index (χ3n) is 3.05. The van der Waals surface area contributed by atoms with Gasteiger partial charge < -0.3 is 0 Å². The Morgan fingerprint density at radius 3 is 2.44 bits per heavy atom. The van der Waals surface area contributed by atoms with Gasteiger partial charge in [-0.1, -0.05) is 49.6 Å². The number of benzene rings is 2. The molecule has 0 spiro atoms. The summed E-state index contributed by atoms with van der Waals surface area (Å²) in [6.07, 6.45) is 4.04. The van der Waals surface area contributed by atoms with E-state index in [1.54, 1.807) is 0 Å². The fourth-order valence-electron chi connectivity index (χ4n) is 2.21. The standard InChI is InChI=1S/C16H16/c1-5-13-9-10-14(6-2)16-12(4)8-7-11(3)15(13)16/h5-10H,1,3H2,2,4H3/b14-6-. The minimum atomic E-state index is 1.07. The molecule has 0 aliphatic rings. The first-order valence-corrected chi connectivity index (χ1v) is 5.49. The normalized spacial score (nSPS) is 12.0. The average Bonchev–Trinajstić information content (AvgIpc) is 2.32. The molecule has 16 heavy (non-hydrogen) atoms. The topological polar surface area (TPSA) is 0 Å². The van der Waals surface area contributed by atoms with E-state index in [-0.39, 0.29) is 0 Å². The third-order valence-corrected chi connectivity index (χ3v) is 3.05. The van der Waals surface area contributed by atoms with Crippen molar-refractivity contribution >= 4 is 29.5 Å². The van der Waals surface area contributed by atoms with Crippen LogP contribution in [0.5, 0.6) is 0 Å². The maximum absolute atomic E-state index is 4.11. The lowest BCUT2D eigenvalue weighted by Crippen LogP contribution is -2.10. The van der Waals surface area contributed by atoms with E-state index in [1.807, 2.05) is 6.08 Å². The Morgan fingerprint density at radius 1 is 1.06 bits per heavy atom. The van der Waals surface area contributed by atoms with Crippen molar-refractivity contribution in [2.75, 3.05) is 0 Å². The zero-order chi connectivity index (χ0) is 11.7. The van der Waals surface area contributed by atoms with E-state index in [2.05, 4.69) is 57.3 Å². The Bertz CT molecular complexity index is 660. The first-order chi connectivity index (χ1) is 7.69. The molecule has 0 unspecified atom stereocenters. The van der Waals surface area contributed by atoms with Crippen molar-refractivity contribution < 1.29 is 0 Å². The van der Waals surface area contributed by atoms with Gasteiger partial charge in [-0.25, -0.2) is 0 Å². The smallest absolute Gasteiger partial charge is 0.00364 e. The molecule has 80 valence electrons. The quantitative estimate of drug-likeness (QED) is 0.676. The SMILES string of the molecule is C=Cc1cc/c(=C/C)c2c(C)ccc(=C)c12. The number of fused-ring (bicyclic) bond motifs is 1. The van der Waals surface area contributed by atoms with Gasteiger partial charge in [0.2, 0.25) is 0 Å². The lowest BCUT2D eigenvalue weighted by Gasteiger charge is -2.07. The van der Waals surface area contributed by atoms with Gasteiger partial charge in [0.25, 0.3) is 0 Å². The highest BCUT2D eigenvalue weighted by atomic mass is 14.1. The molecule has 0 fully saturated rings. The van der Waals surface area contributed by atoms with Crippen molar-refractivity contribution in [1.82, 2.24) is 0 Å². The van der Waals surface area contributed by atoms with E-state index in [0.717, 1.165) is 10.8 Å². The van der Waals surface area contributed by atoms with Crippen LogP contribution in [0.2, 0.25) is 0 Å².